The lowest BCUT2D eigenvalue weighted by Gasteiger charge is -2.13. The molecule has 0 N–H and O–H groups in total. The number of nitrogens with zero attached hydrogens (tertiary/aromatic N) is 3. The predicted molar refractivity (Wildman–Crippen MR) is 71.9 cm³/mol. The highest BCUT2D eigenvalue weighted by Gasteiger charge is 2.39. The Labute approximate surface area is 118 Å². The normalized spacial score (nSPS) is 31.7. The van der Waals surface area contributed by atoms with Crippen molar-refractivity contribution in [2.45, 2.75) is 38.0 Å². The quantitative estimate of drug-likeness (QED) is 0.786. The molecule has 0 radical (unpaired) electrons. The third kappa shape index (κ3) is 2.05. The highest BCUT2D eigenvalue weighted by atomic mass is 16.5. The van der Waals surface area contributed by atoms with Crippen molar-refractivity contribution in [2.24, 2.45) is 11.8 Å². The van der Waals surface area contributed by atoms with Crippen LogP contribution < -0.4 is 0 Å². The Balaban J connectivity index is 1.38. The van der Waals surface area contributed by atoms with Gasteiger partial charge in [-0.3, -0.25) is 4.79 Å². The van der Waals surface area contributed by atoms with E-state index in [0.717, 1.165) is 31.1 Å². The van der Waals surface area contributed by atoms with Gasteiger partial charge in [-0.15, -0.1) is 0 Å². The summed E-state index contributed by atoms with van der Waals surface area (Å²) in [5.41, 5.74) is 0. The molecule has 2 fully saturated rings. The Kier molecular flexibility index (Phi) is 2.86. The minimum Gasteiger partial charge on any atom is -0.342 e. The zero-order valence-electron chi connectivity index (χ0n) is 11.5. The fourth-order valence-electron chi connectivity index (χ4n) is 3.76. The van der Waals surface area contributed by atoms with Crippen LogP contribution in [0.5, 0.6) is 0 Å². The lowest BCUT2D eigenvalue weighted by molar-refractivity contribution is -0.127. The van der Waals surface area contributed by atoms with Gasteiger partial charge >= 0.3 is 0 Å². The molecule has 2 heterocycles. The molecule has 1 aliphatic heterocycles. The van der Waals surface area contributed by atoms with Gasteiger partial charge in [-0.25, -0.2) is 0 Å². The smallest absolute Gasteiger partial charge is 0.230 e. The first-order chi connectivity index (χ1) is 9.79. The summed E-state index contributed by atoms with van der Waals surface area (Å²) in [7, 11) is 0. The van der Waals surface area contributed by atoms with Crippen LogP contribution >= 0.6 is 0 Å². The summed E-state index contributed by atoms with van der Waals surface area (Å²) >= 11 is 0. The summed E-state index contributed by atoms with van der Waals surface area (Å²) in [6, 6.07) is 0. The number of carbonyl (C=O) groups excluding carboxylic acids is 1. The van der Waals surface area contributed by atoms with Crippen molar-refractivity contribution in [3.8, 4) is 0 Å². The Hall–Kier alpha value is -1.65. The number of aromatic nitrogens is 2. The number of fused-ring (bicyclic) bond motifs is 2. The summed E-state index contributed by atoms with van der Waals surface area (Å²) in [5, 5.41) is 4.08. The Bertz CT molecular complexity index is 551. The van der Waals surface area contributed by atoms with Crippen LogP contribution in [0.2, 0.25) is 0 Å². The number of hydrogen-bond donors (Lipinski definition) is 0. The average Bonchev–Trinajstić information content (AvgIpc) is 3.21. The van der Waals surface area contributed by atoms with E-state index in [1.807, 2.05) is 4.90 Å². The van der Waals surface area contributed by atoms with Crippen molar-refractivity contribution in [1.29, 1.82) is 0 Å². The molecule has 3 atom stereocenters. The molecule has 2 aliphatic carbocycles. The van der Waals surface area contributed by atoms with E-state index in [2.05, 4.69) is 22.3 Å². The zero-order chi connectivity index (χ0) is 13.5. The van der Waals surface area contributed by atoms with Crippen LogP contribution in [0.3, 0.4) is 0 Å². The molecule has 0 spiro atoms. The maximum Gasteiger partial charge on any atom is 0.230 e. The number of carbonyl (C=O) groups is 1. The van der Waals surface area contributed by atoms with E-state index in [0.29, 0.717) is 37.1 Å². The maximum absolute atomic E-state index is 11.6. The molecule has 1 aromatic rings. The Morgan fingerprint density at radius 1 is 1.35 bits per heavy atom. The van der Waals surface area contributed by atoms with Gasteiger partial charge in [-0.2, -0.15) is 4.98 Å². The molecule has 5 heteroatoms. The van der Waals surface area contributed by atoms with Crippen molar-refractivity contribution in [2.75, 3.05) is 13.1 Å². The van der Waals surface area contributed by atoms with E-state index < -0.39 is 0 Å². The Morgan fingerprint density at radius 2 is 2.30 bits per heavy atom. The van der Waals surface area contributed by atoms with E-state index in [-0.39, 0.29) is 5.91 Å². The van der Waals surface area contributed by atoms with Gasteiger partial charge in [-0.1, -0.05) is 17.3 Å². The van der Waals surface area contributed by atoms with Crippen molar-refractivity contribution < 1.29 is 9.32 Å². The maximum atomic E-state index is 11.6. The second kappa shape index (κ2) is 4.72. The van der Waals surface area contributed by atoms with Gasteiger partial charge < -0.3 is 9.42 Å². The minimum atomic E-state index is 0.256. The lowest BCUT2D eigenvalue weighted by atomic mass is 9.94. The van der Waals surface area contributed by atoms with Gasteiger partial charge in [0.1, 0.15) is 0 Å². The third-order valence-corrected chi connectivity index (χ3v) is 4.86. The molecule has 1 saturated carbocycles. The third-order valence-electron chi connectivity index (χ3n) is 4.86. The van der Waals surface area contributed by atoms with E-state index in [4.69, 9.17) is 4.52 Å². The summed E-state index contributed by atoms with van der Waals surface area (Å²) in [4.78, 5) is 18.0. The van der Waals surface area contributed by atoms with Gasteiger partial charge in [-0.05, 0) is 31.1 Å². The summed E-state index contributed by atoms with van der Waals surface area (Å²) in [5.74, 6) is 3.51. The summed E-state index contributed by atoms with van der Waals surface area (Å²) in [6.07, 6.45) is 9.37. The molecular formula is C15H19N3O2. The Morgan fingerprint density at radius 3 is 3.00 bits per heavy atom. The van der Waals surface area contributed by atoms with Gasteiger partial charge in [0.15, 0.2) is 5.82 Å². The predicted octanol–water partition coefficient (Wildman–Crippen LogP) is 1.91. The molecule has 0 aromatic carbocycles. The molecule has 3 aliphatic rings. The minimum absolute atomic E-state index is 0.256. The average molecular weight is 273 g/mol. The largest absolute Gasteiger partial charge is 0.342 e. The molecule has 4 rings (SSSR count). The number of hydrogen-bond acceptors (Lipinski definition) is 4. The van der Waals surface area contributed by atoms with E-state index in [1.165, 1.54) is 6.42 Å². The number of rotatable bonds is 4. The van der Waals surface area contributed by atoms with Crippen LogP contribution in [-0.2, 0) is 11.2 Å². The second-order valence-electron chi connectivity index (χ2n) is 6.17. The molecule has 1 amide bonds. The first kappa shape index (κ1) is 12.1. The van der Waals surface area contributed by atoms with Crippen molar-refractivity contribution in [3.63, 3.8) is 0 Å². The fourth-order valence-corrected chi connectivity index (χ4v) is 3.76. The number of likely N-dealkylation sites (tertiary alicyclic amines) is 1. The van der Waals surface area contributed by atoms with Crippen LogP contribution in [-0.4, -0.2) is 34.0 Å². The lowest BCUT2D eigenvalue weighted by Crippen LogP contribution is -2.27. The van der Waals surface area contributed by atoms with Gasteiger partial charge in [0, 0.05) is 31.8 Å². The first-order valence-electron chi connectivity index (χ1n) is 7.58. The molecule has 1 aromatic heterocycles. The van der Waals surface area contributed by atoms with Crippen molar-refractivity contribution in [1.82, 2.24) is 15.0 Å². The van der Waals surface area contributed by atoms with Crippen molar-refractivity contribution in [3.05, 3.63) is 23.9 Å². The number of amides is 1. The molecule has 1 unspecified atom stereocenters. The van der Waals surface area contributed by atoms with Crippen molar-refractivity contribution >= 4 is 5.91 Å². The molecule has 2 bridgehead atoms. The van der Waals surface area contributed by atoms with Gasteiger partial charge in [0.2, 0.25) is 11.8 Å². The van der Waals surface area contributed by atoms with Gasteiger partial charge in [0.25, 0.3) is 0 Å². The van der Waals surface area contributed by atoms with E-state index >= 15 is 0 Å². The van der Waals surface area contributed by atoms with Gasteiger partial charge in [0.05, 0.1) is 0 Å². The second-order valence-corrected chi connectivity index (χ2v) is 6.17. The van der Waals surface area contributed by atoms with E-state index in [9.17, 15) is 4.79 Å². The molecule has 106 valence electrons. The van der Waals surface area contributed by atoms with Crippen LogP contribution in [0.4, 0.5) is 0 Å². The van der Waals surface area contributed by atoms with Crippen LogP contribution in [0, 0.1) is 11.8 Å². The molecule has 20 heavy (non-hydrogen) atoms. The van der Waals surface area contributed by atoms with E-state index in [1.54, 1.807) is 0 Å². The summed E-state index contributed by atoms with van der Waals surface area (Å²) < 4.78 is 5.44. The fraction of sp³-hybridized carbons (Fsp3) is 0.667. The topological polar surface area (TPSA) is 59.2 Å². The molecule has 1 saturated heterocycles. The highest BCUT2D eigenvalue weighted by molar-refractivity contribution is 5.78. The SMILES string of the molecule is O=C1CCCN1CCc1noc(C2C[C@@H]3C=C[C@H]2C3)n1. The monoisotopic (exact) mass is 273 g/mol. The molecular weight excluding hydrogens is 254 g/mol. The zero-order valence-corrected chi connectivity index (χ0v) is 11.5. The number of allylic oxidation sites excluding steroid dienone is 2. The van der Waals surface area contributed by atoms with Crippen LogP contribution in [0.1, 0.15) is 43.3 Å². The summed E-state index contributed by atoms with van der Waals surface area (Å²) in [6.45, 7) is 1.59. The standard InChI is InChI=1S/C15H19N3O2/c19-14-2-1-6-18(14)7-5-13-16-15(20-17-13)12-9-10-3-4-11(12)8-10/h3-4,10-12H,1-2,5-9H2/t10-,11+,12?/m1/s1. The first-order valence-corrected chi connectivity index (χ1v) is 7.58. The molecule has 5 nitrogen and oxygen atoms in total. The highest BCUT2D eigenvalue weighted by Crippen LogP contribution is 2.48. The van der Waals surface area contributed by atoms with Crippen LogP contribution in [0.25, 0.3) is 0 Å². The van der Waals surface area contributed by atoms with Crippen LogP contribution in [0.15, 0.2) is 16.7 Å².